The summed E-state index contributed by atoms with van der Waals surface area (Å²) in [7, 11) is 0. The van der Waals surface area contributed by atoms with Crippen LogP contribution in [-0.4, -0.2) is 4.57 Å². The van der Waals surface area contributed by atoms with Crippen LogP contribution in [0.25, 0.3) is 93.6 Å². The first-order chi connectivity index (χ1) is 30.2. The summed E-state index contributed by atoms with van der Waals surface area (Å²) >= 11 is 0. The maximum absolute atomic E-state index is 6.41. The number of benzene rings is 10. The summed E-state index contributed by atoms with van der Waals surface area (Å²) < 4.78 is 8.85. The Kier molecular flexibility index (Phi) is 8.17. The largest absolute Gasteiger partial charge is 0.456 e. The highest BCUT2D eigenvalue weighted by atomic mass is 16.3. The number of rotatable bonds is 7. The van der Waals surface area contributed by atoms with Gasteiger partial charge in [0.2, 0.25) is 0 Å². The second kappa shape index (κ2) is 14.3. The van der Waals surface area contributed by atoms with E-state index in [0.29, 0.717) is 0 Å². The molecule has 3 nitrogen and oxygen atoms in total. The molecule has 0 aliphatic rings. The van der Waals surface area contributed by atoms with Gasteiger partial charge in [-0.1, -0.05) is 158 Å². The molecule has 0 aliphatic heterocycles. The van der Waals surface area contributed by atoms with Crippen LogP contribution in [0.1, 0.15) is 0 Å². The number of furan rings is 1. The first-order valence-electron chi connectivity index (χ1n) is 20.8. The fourth-order valence-corrected chi connectivity index (χ4v) is 9.25. The molecule has 0 bridgehead atoms. The van der Waals surface area contributed by atoms with E-state index in [0.717, 1.165) is 50.1 Å². The van der Waals surface area contributed by atoms with E-state index in [-0.39, 0.29) is 0 Å². The van der Waals surface area contributed by atoms with Crippen LogP contribution >= 0.6 is 0 Å². The van der Waals surface area contributed by atoms with Gasteiger partial charge in [0.1, 0.15) is 11.2 Å². The molecule has 10 aromatic carbocycles. The summed E-state index contributed by atoms with van der Waals surface area (Å²) in [6.45, 7) is 0. The third kappa shape index (κ3) is 5.98. The molecule has 3 heteroatoms. The number of nitrogens with zero attached hydrogens (tertiary/aromatic N) is 2. The lowest BCUT2D eigenvalue weighted by Crippen LogP contribution is -2.10. The monoisotopic (exact) mass is 778 g/mol. The lowest BCUT2D eigenvalue weighted by atomic mass is 9.97. The van der Waals surface area contributed by atoms with E-state index in [1.165, 1.54) is 60.5 Å². The van der Waals surface area contributed by atoms with E-state index in [2.05, 4.69) is 228 Å². The predicted octanol–water partition coefficient (Wildman–Crippen LogP) is 16.3. The molecule has 0 spiro atoms. The molecule has 2 aromatic heterocycles. The minimum Gasteiger partial charge on any atom is -0.456 e. The molecule has 12 rings (SSSR count). The third-order valence-electron chi connectivity index (χ3n) is 12.2. The van der Waals surface area contributed by atoms with E-state index in [9.17, 15) is 0 Å². The maximum atomic E-state index is 6.41. The van der Waals surface area contributed by atoms with Crippen molar-refractivity contribution in [1.82, 2.24) is 4.57 Å². The van der Waals surface area contributed by atoms with E-state index in [1.54, 1.807) is 0 Å². The molecule has 0 atom stereocenters. The number of para-hydroxylation sites is 2. The topological polar surface area (TPSA) is 21.3 Å². The minimum absolute atomic E-state index is 0.866. The van der Waals surface area contributed by atoms with Gasteiger partial charge in [-0.2, -0.15) is 0 Å². The minimum atomic E-state index is 0.866. The summed E-state index contributed by atoms with van der Waals surface area (Å²) in [6.07, 6.45) is 0. The Hall–Kier alpha value is -8.14. The van der Waals surface area contributed by atoms with Gasteiger partial charge >= 0.3 is 0 Å². The molecule has 0 radical (unpaired) electrons. The van der Waals surface area contributed by atoms with Crippen LogP contribution < -0.4 is 4.90 Å². The zero-order valence-corrected chi connectivity index (χ0v) is 33.2. The maximum Gasteiger partial charge on any atom is 0.137 e. The average Bonchev–Trinajstić information content (AvgIpc) is 3.87. The Morgan fingerprint density at radius 2 is 0.836 bits per heavy atom. The second-order valence-corrected chi connectivity index (χ2v) is 15.7. The van der Waals surface area contributed by atoms with Gasteiger partial charge in [0.05, 0.1) is 16.7 Å². The van der Waals surface area contributed by atoms with Gasteiger partial charge in [0, 0.05) is 50.1 Å². The van der Waals surface area contributed by atoms with Gasteiger partial charge in [-0.3, -0.25) is 0 Å². The molecule has 0 saturated carbocycles. The molecule has 0 fully saturated rings. The highest BCUT2D eigenvalue weighted by molar-refractivity contribution is 6.11. The molecule has 0 saturated heterocycles. The van der Waals surface area contributed by atoms with Gasteiger partial charge in [-0.25, -0.2) is 0 Å². The summed E-state index contributed by atoms with van der Waals surface area (Å²) in [5.41, 5.74) is 15.5. The Morgan fingerprint density at radius 1 is 0.295 bits per heavy atom. The zero-order chi connectivity index (χ0) is 40.3. The van der Waals surface area contributed by atoms with Gasteiger partial charge in [0.15, 0.2) is 0 Å². The third-order valence-corrected chi connectivity index (χ3v) is 12.2. The van der Waals surface area contributed by atoms with Crippen LogP contribution in [0.5, 0.6) is 0 Å². The van der Waals surface area contributed by atoms with Crippen molar-refractivity contribution in [2.24, 2.45) is 0 Å². The first kappa shape index (κ1) is 34.9. The molecule has 0 aliphatic carbocycles. The Bertz CT molecular complexity index is 3590. The summed E-state index contributed by atoms with van der Waals surface area (Å²) in [5.74, 6) is 0. The van der Waals surface area contributed by atoms with Gasteiger partial charge < -0.3 is 13.9 Å². The Labute approximate surface area is 353 Å². The summed E-state index contributed by atoms with van der Waals surface area (Å²) in [5, 5.41) is 7.20. The number of hydrogen-bond donors (Lipinski definition) is 0. The number of aromatic nitrogens is 1. The normalized spacial score (nSPS) is 11.6. The van der Waals surface area contributed by atoms with Crippen molar-refractivity contribution in [3.8, 4) is 39.1 Å². The molecule has 0 N–H and O–H groups in total. The average molecular weight is 779 g/mol. The van der Waals surface area contributed by atoms with Crippen LogP contribution in [0, 0.1) is 0 Å². The molecule has 12 aromatic rings. The highest BCUT2D eigenvalue weighted by Crippen LogP contribution is 2.42. The standard InChI is InChI=1S/C58H38N2O/c1-2-13-39(14-3-1)40-27-30-46(31-28-40)59(48-32-34-53-52-23-7-9-26-57(52)61-58(53)38-48)47-20-11-19-44(36-47)42-17-10-18-43(35-42)45-29-33-51-50-22-6-8-24-55(50)60(56(51)37-45)54-25-12-16-41-15-4-5-21-49(41)54/h1-38H. The summed E-state index contributed by atoms with van der Waals surface area (Å²) in [4.78, 5) is 2.33. The van der Waals surface area contributed by atoms with Crippen molar-refractivity contribution in [2.45, 2.75) is 0 Å². The Balaban J connectivity index is 0.965. The van der Waals surface area contributed by atoms with Crippen molar-refractivity contribution in [1.29, 1.82) is 0 Å². The smallest absolute Gasteiger partial charge is 0.137 e. The molecule has 0 amide bonds. The molecular weight excluding hydrogens is 741 g/mol. The number of hydrogen-bond acceptors (Lipinski definition) is 2. The van der Waals surface area contributed by atoms with Crippen LogP contribution in [0.2, 0.25) is 0 Å². The molecular formula is C58H38N2O. The lowest BCUT2D eigenvalue weighted by molar-refractivity contribution is 0.669. The van der Waals surface area contributed by atoms with Crippen LogP contribution in [0.15, 0.2) is 235 Å². The van der Waals surface area contributed by atoms with Crippen molar-refractivity contribution in [3.63, 3.8) is 0 Å². The van der Waals surface area contributed by atoms with Crippen LogP contribution in [0.3, 0.4) is 0 Å². The second-order valence-electron chi connectivity index (χ2n) is 15.7. The first-order valence-corrected chi connectivity index (χ1v) is 20.8. The lowest BCUT2D eigenvalue weighted by Gasteiger charge is -2.26. The molecule has 286 valence electrons. The van der Waals surface area contributed by atoms with Crippen molar-refractivity contribution in [2.75, 3.05) is 4.90 Å². The SMILES string of the molecule is c1ccc(-c2ccc(N(c3cccc(-c4cccc(-c5ccc6c7ccccc7n(-c7cccc8ccccc78)c6c5)c4)c3)c3ccc4c(c3)oc3ccccc34)cc2)cc1. The quantitative estimate of drug-likeness (QED) is 0.161. The molecule has 0 unspecified atom stereocenters. The van der Waals surface area contributed by atoms with Crippen molar-refractivity contribution in [3.05, 3.63) is 231 Å². The predicted molar refractivity (Wildman–Crippen MR) is 257 cm³/mol. The van der Waals surface area contributed by atoms with E-state index >= 15 is 0 Å². The van der Waals surface area contributed by atoms with Gasteiger partial charge in [-0.05, 0) is 105 Å². The van der Waals surface area contributed by atoms with Crippen LogP contribution in [0.4, 0.5) is 17.1 Å². The highest BCUT2D eigenvalue weighted by Gasteiger charge is 2.18. The van der Waals surface area contributed by atoms with Gasteiger partial charge in [0.25, 0.3) is 0 Å². The van der Waals surface area contributed by atoms with E-state index < -0.39 is 0 Å². The van der Waals surface area contributed by atoms with Crippen molar-refractivity contribution < 1.29 is 4.42 Å². The molecule has 61 heavy (non-hydrogen) atoms. The number of fused-ring (bicyclic) bond motifs is 7. The number of anilines is 3. The summed E-state index contributed by atoms with van der Waals surface area (Å²) in [6, 6.07) is 83.0. The fraction of sp³-hybridized carbons (Fsp3) is 0. The fourth-order valence-electron chi connectivity index (χ4n) is 9.25. The molecule has 2 heterocycles. The van der Waals surface area contributed by atoms with Crippen LogP contribution in [-0.2, 0) is 0 Å². The van der Waals surface area contributed by atoms with Gasteiger partial charge in [-0.15, -0.1) is 0 Å². The Morgan fingerprint density at radius 3 is 1.69 bits per heavy atom. The van der Waals surface area contributed by atoms with Crippen molar-refractivity contribution >= 4 is 71.6 Å². The zero-order valence-electron chi connectivity index (χ0n) is 33.2. The van der Waals surface area contributed by atoms with E-state index in [4.69, 9.17) is 4.42 Å². The van der Waals surface area contributed by atoms with E-state index in [1.807, 2.05) is 12.1 Å².